The largest absolute Gasteiger partial charge is 0.486 e. The van der Waals surface area contributed by atoms with E-state index in [0.717, 1.165) is 11.1 Å². The van der Waals surface area contributed by atoms with Crippen LogP contribution in [0.4, 0.5) is 8.78 Å². The van der Waals surface area contributed by atoms with Gasteiger partial charge in [-0.25, -0.2) is 8.78 Å². The van der Waals surface area contributed by atoms with Gasteiger partial charge in [-0.05, 0) is 71.6 Å². The van der Waals surface area contributed by atoms with E-state index in [1.54, 1.807) is 38.3 Å². The van der Waals surface area contributed by atoms with Gasteiger partial charge in [0, 0.05) is 25.9 Å². The summed E-state index contributed by atoms with van der Waals surface area (Å²) in [5.41, 5.74) is 2.85. The highest BCUT2D eigenvalue weighted by Gasteiger charge is 2.12. The number of alkyl halides is 2. The van der Waals surface area contributed by atoms with Gasteiger partial charge in [0.1, 0.15) is 12.4 Å². The van der Waals surface area contributed by atoms with Crippen molar-refractivity contribution in [3.05, 3.63) is 45.1 Å². The second-order valence-corrected chi connectivity index (χ2v) is 6.63. The number of ketones is 1. The molecule has 0 aliphatic carbocycles. The molecule has 0 aliphatic heterocycles. The summed E-state index contributed by atoms with van der Waals surface area (Å²) < 4.78 is 30.4. The van der Waals surface area contributed by atoms with E-state index in [2.05, 4.69) is 15.9 Å². The van der Waals surface area contributed by atoms with Crippen LogP contribution in [-0.2, 0) is 4.79 Å². The zero-order chi connectivity index (χ0) is 18.4. The van der Waals surface area contributed by atoms with Gasteiger partial charge in [-0.2, -0.15) is 0 Å². The summed E-state index contributed by atoms with van der Waals surface area (Å²) in [7, 11) is 3.70. The molecule has 0 saturated heterocycles. The molecule has 0 aromatic heterocycles. The Balaban J connectivity index is 3.12. The van der Waals surface area contributed by atoms with Crippen LogP contribution in [0, 0.1) is 6.92 Å². The predicted molar refractivity (Wildman–Crippen MR) is 96.5 cm³/mol. The molecule has 0 fully saturated rings. The van der Waals surface area contributed by atoms with Crippen LogP contribution in [0.3, 0.4) is 0 Å². The fraction of sp³-hybridized carbons (Fsp3) is 0.389. The Kier molecular flexibility index (Phi) is 7.60. The van der Waals surface area contributed by atoms with Crippen molar-refractivity contribution in [2.24, 2.45) is 0 Å². The van der Waals surface area contributed by atoms with Gasteiger partial charge < -0.3 is 9.64 Å². The van der Waals surface area contributed by atoms with Crippen molar-refractivity contribution in [1.29, 1.82) is 0 Å². The van der Waals surface area contributed by atoms with E-state index in [4.69, 9.17) is 4.74 Å². The van der Waals surface area contributed by atoms with E-state index in [9.17, 15) is 13.6 Å². The lowest BCUT2D eigenvalue weighted by Gasteiger charge is -2.12. The first-order valence-corrected chi connectivity index (χ1v) is 8.20. The lowest BCUT2D eigenvalue weighted by molar-refractivity contribution is -0.112. The Hall–Kier alpha value is -1.69. The maximum Gasteiger partial charge on any atom is 0.272 e. The molecule has 0 bridgehead atoms. The molecule has 3 nitrogen and oxygen atoms in total. The summed E-state index contributed by atoms with van der Waals surface area (Å²) in [6.07, 6.45) is 0.955. The first-order chi connectivity index (χ1) is 11.1. The quantitative estimate of drug-likeness (QED) is 0.612. The Labute approximate surface area is 150 Å². The molecule has 0 N–H and O–H groups in total. The minimum absolute atomic E-state index is 0.0685. The molecule has 0 saturated carbocycles. The number of Topliss-reactive ketones (excluding diaryl/α,β-unsaturated/α-hetero) is 1. The first-order valence-electron chi connectivity index (χ1n) is 7.40. The summed E-state index contributed by atoms with van der Waals surface area (Å²) in [5, 5.41) is 0. The molecule has 24 heavy (non-hydrogen) atoms. The highest BCUT2D eigenvalue weighted by molar-refractivity contribution is 9.10. The molecule has 1 aromatic rings. The summed E-state index contributed by atoms with van der Waals surface area (Å²) in [5.74, 6) is 0.258. The third-order valence-electron chi connectivity index (χ3n) is 3.23. The number of carbonyl (C=O) groups excluding carboxylic acids is 1. The number of nitrogens with zero attached hydrogens (tertiary/aromatic N) is 1. The predicted octanol–water partition coefficient (Wildman–Crippen LogP) is 4.84. The fourth-order valence-electron chi connectivity index (χ4n) is 2.14. The van der Waals surface area contributed by atoms with Gasteiger partial charge in [-0.1, -0.05) is 0 Å². The second kappa shape index (κ2) is 8.97. The van der Waals surface area contributed by atoms with Crippen LogP contribution in [0.25, 0.3) is 6.08 Å². The van der Waals surface area contributed by atoms with Crippen molar-refractivity contribution < 1.29 is 18.3 Å². The molecule has 0 spiro atoms. The summed E-state index contributed by atoms with van der Waals surface area (Å²) in [4.78, 5) is 14.2. The number of allylic oxidation sites excluding steroid dienone is 2. The third kappa shape index (κ3) is 6.07. The van der Waals surface area contributed by atoms with E-state index >= 15 is 0 Å². The van der Waals surface area contributed by atoms with Crippen molar-refractivity contribution in [3.8, 4) is 5.75 Å². The van der Waals surface area contributed by atoms with E-state index in [1.807, 2.05) is 25.9 Å². The van der Waals surface area contributed by atoms with Gasteiger partial charge >= 0.3 is 0 Å². The maximum absolute atomic E-state index is 12.4. The average molecular weight is 402 g/mol. The van der Waals surface area contributed by atoms with Crippen molar-refractivity contribution in [3.63, 3.8) is 0 Å². The highest BCUT2D eigenvalue weighted by atomic mass is 79.9. The average Bonchev–Trinajstić information content (AvgIpc) is 2.46. The molecule has 0 amide bonds. The molecular formula is C18H22BrF2NO2. The number of aryl methyl sites for hydroxylation is 1. The molecule has 0 radical (unpaired) electrons. The van der Waals surface area contributed by atoms with E-state index in [0.29, 0.717) is 21.4 Å². The molecule has 1 rings (SSSR count). The van der Waals surface area contributed by atoms with Gasteiger partial charge in [0.05, 0.1) is 4.47 Å². The maximum atomic E-state index is 12.4. The molecule has 0 atom stereocenters. The number of hydrogen-bond acceptors (Lipinski definition) is 3. The van der Waals surface area contributed by atoms with Gasteiger partial charge in [-0.15, -0.1) is 0 Å². The van der Waals surface area contributed by atoms with Gasteiger partial charge in [0.2, 0.25) is 0 Å². The topological polar surface area (TPSA) is 29.5 Å². The van der Waals surface area contributed by atoms with E-state index < -0.39 is 13.0 Å². The zero-order valence-corrected chi connectivity index (χ0v) is 16.1. The first kappa shape index (κ1) is 20.4. The Bertz CT molecular complexity index is 667. The standard InChI is InChI=1S/C18H22BrF2NO2/c1-11-7-15(19)16(24-10-17(20)21)8-14(11)6-12(2)18(23)13(3)9-22(4)5/h6-9,17H,10H2,1-5H3/b12-6+,13-9+. The minimum Gasteiger partial charge on any atom is -0.486 e. The monoisotopic (exact) mass is 401 g/mol. The second-order valence-electron chi connectivity index (χ2n) is 5.77. The summed E-state index contributed by atoms with van der Waals surface area (Å²) in [6, 6.07) is 3.44. The summed E-state index contributed by atoms with van der Waals surface area (Å²) in [6.45, 7) is 4.70. The number of hydrogen-bond donors (Lipinski definition) is 0. The highest BCUT2D eigenvalue weighted by Crippen LogP contribution is 2.30. The zero-order valence-electron chi connectivity index (χ0n) is 14.5. The van der Waals surface area contributed by atoms with Crippen molar-refractivity contribution in [2.75, 3.05) is 20.7 Å². The fourth-order valence-corrected chi connectivity index (χ4v) is 2.72. The minimum atomic E-state index is -2.54. The van der Waals surface area contributed by atoms with Gasteiger partial charge in [-0.3, -0.25) is 4.79 Å². The molecule has 0 unspecified atom stereocenters. The van der Waals surface area contributed by atoms with Crippen molar-refractivity contribution in [2.45, 2.75) is 27.2 Å². The Morgan fingerprint density at radius 2 is 1.92 bits per heavy atom. The SMILES string of the molecule is C/C(=C\c1cc(OCC(F)F)c(Br)cc1C)C(=O)/C(C)=C/N(C)C. The number of rotatable bonds is 7. The lowest BCUT2D eigenvalue weighted by Crippen LogP contribution is -2.08. The van der Waals surface area contributed by atoms with Crippen molar-refractivity contribution in [1.82, 2.24) is 4.90 Å². The Morgan fingerprint density at radius 3 is 2.46 bits per heavy atom. The molecule has 0 heterocycles. The van der Waals surface area contributed by atoms with Crippen LogP contribution in [-0.4, -0.2) is 37.8 Å². The lowest BCUT2D eigenvalue weighted by atomic mass is 10.0. The van der Waals surface area contributed by atoms with Crippen LogP contribution in [0.5, 0.6) is 5.75 Å². The van der Waals surface area contributed by atoms with E-state index in [-0.39, 0.29) is 5.78 Å². The Morgan fingerprint density at radius 1 is 1.29 bits per heavy atom. The number of ether oxygens (including phenoxy) is 1. The molecule has 0 aliphatic rings. The number of halogens is 3. The van der Waals surface area contributed by atoms with Crippen LogP contribution in [0.2, 0.25) is 0 Å². The summed E-state index contributed by atoms with van der Waals surface area (Å²) >= 11 is 3.30. The molecular weight excluding hydrogens is 380 g/mol. The van der Waals surface area contributed by atoms with Gasteiger partial charge in [0.25, 0.3) is 6.43 Å². The molecule has 6 heteroatoms. The number of carbonyl (C=O) groups is 1. The van der Waals surface area contributed by atoms with E-state index in [1.165, 1.54) is 0 Å². The van der Waals surface area contributed by atoms with Crippen LogP contribution < -0.4 is 4.74 Å². The van der Waals surface area contributed by atoms with Gasteiger partial charge in [0.15, 0.2) is 5.78 Å². The third-order valence-corrected chi connectivity index (χ3v) is 3.85. The van der Waals surface area contributed by atoms with Crippen molar-refractivity contribution >= 4 is 27.8 Å². The molecule has 132 valence electrons. The smallest absolute Gasteiger partial charge is 0.272 e. The normalized spacial score (nSPS) is 12.5. The number of benzene rings is 1. The van der Waals surface area contributed by atoms with Crippen LogP contribution >= 0.6 is 15.9 Å². The van der Waals surface area contributed by atoms with Crippen LogP contribution in [0.1, 0.15) is 25.0 Å². The van der Waals surface area contributed by atoms with Crippen LogP contribution in [0.15, 0.2) is 34.0 Å². The molecule has 1 aromatic carbocycles.